The fourth-order valence-electron chi connectivity index (χ4n) is 16.5. The van der Waals surface area contributed by atoms with Crippen molar-refractivity contribution in [3.05, 3.63) is 133 Å². The quantitative estimate of drug-likeness (QED) is 0.0215. The highest BCUT2D eigenvalue weighted by Crippen LogP contribution is 2.35. The summed E-state index contributed by atoms with van der Waals surface area (Å²) in [6.45, 7) is 24.9. The molecular formula is C95H134FN13O13. The second-order valence-electron chi connectivity index (χ2n) is 34.3. The molecule has 6 aliphatic rings. The lowest BCUT2D eigenvalue weighted by molar-refractivity contribution is -0.142. The second-order valence-corrected chi connectivity index (χ2v) is 34.3. The molecule has 5 heterocycles. The Kier molecular flexibility index (Phi) is 38.3. The van der Waals surface area contributed by atoms with Gasteiger partial charge in [0.1, 0.15) is 54.2 Å². The molecule has 0 radical (unpaired) electrons. The molecule has 26 nitrogen and oxygen atoms in total. The van der Waals surface area contributed by atoms with Crippen molar-refractivity contribution in [3.63, 3.8) is 0 Å². The molecule has 9 N–H and O–H groups in total. The van der Waals surface area contributed by atoms with E-state index in [1.54, 1.807) is 25.7 Å². The van der Waals surface area contributed by atoms with Gasteiger partial charge in [-0.05, 0) is 187 Å². The monoisotopic (exact) mass is 1680 g/mol. The van der Waals surface area contributed by atoms with E-state index in [0.29, 0.717) is 82.5 Å². The molecular weight excluding hydrogens is 1550 g/mol. The predicted octanol–water partition coefficient (Wildman–Crippen LogP) is 14.0. The number of carbonyl (C=O) groups is 12. The third-order valence-electron chi connectivity index (χ3n) is 24.9. The number of likely N-dealkylation sites (tertiary alicyclic amines) is 4. The molecule has 122 heavy (non-hydrogen) atoms. The Morgan fingerprint density at radius 1 is 0.377 bits per heavy atom. The van der Waals surface area contributed by atoms with Gasteiger partial charge in [0.15, 0.2) is 11.6 Å². The van der Waals surface area contributed by atoms with E-state index >= 15 is 0 Å². The maximum atomic E-state index is 13.9. The average Bonchev–Trinajstić information content (AvgIpc) is 1.65. The molecule has 1 aromatic heterocycles. The van der Waals surface area contributed by atoms with E-state index in [1.807, 2.05) is 168 Å². The number of halogens is 1. The number of hydrogen-bond donors (Lipinski definition) is 9. The zero-order valence-electron chi connectivity index (χ0n) is 73.7. The summed E-state index contributed by atoms with van der Waals surface area (Å²) in [5, 5.41) is 33.1. The molecule has 664 valence electrons. The third-order valence-corrected chi connectivity index (χ3v) is 24.9. The molecule has 4 saturated heterocycles. The van der Waals surface area contributed by atoms with Gasteiger partial charge in [0.25, 0.3) is 0 Å². The molecule has 12 atom stereocenters. The van der Waals surface area contributed by atoms with E-state index in [2.05, 4.69) is 47.5 Å². The smallest absolute Gasteiger partial charge is 0.248 e. The van der Waals surface area contributed by atoms with E-state index in [1.165, 1.54) is 42.9 Å². The summed E-state index contributed by atoms with van der Waals surface area (Å²) in [6.07, 6.45) is 20.0. The molecule has 5 aromatic rings. The highest BCUT2D eigenvalue weighted by molar-refractivity contribution is 6.03. The lowest BCUT2D eigenvalue weighted by Crippen LogP contribution is -2.56. The fraction of sp³-hybridized carbons (Fsp3) is 0.568. The number of hydrogen-bond acceptors (Lipinski definition) is 14. The number of para-hydroxylation sites is 2. The summed E-state index contributed by atoms with van der Waals surface area (Å²) < 4.78 is 13.0. The van der Waals surface area contributed by atoms with Gasteiger partial charge in [-0.2, -0.15) is 0 Å². The van der Waals surface area contributed by atoms with Crippen LogP contribution in [0.4, 0.5) is 27.3 Å². The Labute approximate surface area is 720 Å². The number of benzene rings is 4. The number of amides is 12. The Balaban J connectivity index is 0.000000203. The first-order valence-corrected chi connectivity index (χ1v) is 44.8. The first-order valence-electron chi connectivity index (χ1n) is 44.8. The minimum Gasteiger partial charge on any atom is -0.504 e. The van der Waals surface area contributed by atoms with Crippen LogP contribution < -0.4 is 42.5 Å². The van der Waals surface area contributed by atoms with Crippen LogP contribution in [0.1, 0.15) is 224 Å². The Hall–Kier alpha value is -10.6. The van der Waals surface area contributed by atoms with Crippen molar-refractivity contribution in [3.8, 4) is 16.9 Å². The first-order chi connectivity index (χ1) is 58.5. The molecule has 2 saturated carbocycles. The van der Waals surface area contributed by atoms with Crippen LogP contribution in [0.25, 0.3) is 11.1 Å². The molecule has 6 fully saturated rings. The molecule has 27 heteroatoms. The summed E-state index contributed by atoms with van der Waals surface area (Å²) in [5.41, 5.74) is 3.91. The van der Waals surface area contributed by atoms with Crippen LogP contribution in [-0.4, -0.2) is 175 Å². The molecule has 12 amide bonds. The van der Waals surface area contributed by atoms with Gasteiger partial charge < -0.3 is 67.2 Å². The van der Waals surface area contributed by atoms with Gasteiger partial charge in [-0.3, -0.25) is 57.5 Å². The van der Waals surface area contributed by atoms with Crippen LogP contribution in [-0.2, 0) is 57.5 Å². The van der Waals surface area contributed by atoms with Crippen molar-refractivity contribution in [2.45, 2.75) is 273 Å². The number of anilines is 4. The van der Waals surface area contributed by atoms with Gasteiger partial charge in [0.2, 0.25) is 70.9 Å². The van der Waals surface area contributed by atoms with Crippen LogP contribution in [0.15, 0.2) is 128 Å². The normalized spacial score (nSPS) is 19.8. The average molecular weight is 1690 g/mol. The highest BCUT2D eigenvalue weighted by Gasteiger charge is 2.45. The number of pyridine rings is 1. The Bertz CT molecular complexity index is 4280. The van der Waals surface area contributed by atoms with Crippen LogP contribution in [0.3, 0.4) is 0 Å². The molecule has 0 unspecified atom stereocenters. The maximum Gasteiger partial charge on any atom is 0.248 e. The van der Waals surface area contributed by atoms with Crippen molar-refractivity contribution >= 4 is 93.8 Å². The molecule has 4 aromatic carbocycles. The molecule has 4 aliphatic heterocycles. The molecule has 11 rings (SSSR count). The molecule has 0 spiro atoms. The molecule has 2 aliphatic carbocycles. The third kappa shape index (κ3) is 27.2. The number of nitrogens with zero attached hydrogens (tertiary/aromatic N) is 5. The number of aromatic nitrogens is 1. The van der Waals surface area contributed by atoms with E-state index in [9.17, 15) is 67.0 Å². The summed E-state index contributed by atoms with van der Waals surface area (Å²) >= 11 is 0. The highest BCUT2D eigenvalue weighted by atomic mass is 19.1. The van der Waals surface area contributed by atoms with Gasteiger partial charge in [-0.25, -0.2) is 9.37 Å². The van der Waals surface area contributed by atoms with E-state index < -0.39 is 48.3 Å². The van der Waals surface area contributed by atoms with Crippen molar-refractivity contribution < 1.29 is 67.0 Å². The lowest BCUT2D eigenvalue weighted by atomic mass is 9.83. The summed E-state index contributed by atoms with van der Waals surface area (Å²) in [7, 11) is 0. The topological polar surface area (TPSA) is 347 Å². The summed E-state index contributed by atoms with van der Waals surface area (Å²) in [6, 6.07) is 30.8. The fourth-order valence-corrected chi connectivity index (χ4v) is 16.5. The first kappa shape index (κ1) is 96.9. The van der Waals surface area contributed by atoms with Crippen molar-refractivity contribution in [1.82, 2.24) is 45.9 Å². The van der Waals surface area contributed by atoms with Crippen LogP contribution in [0.2, 0.25) is 0 Å². The lowest BCUT2D eigenvalue weighted by Gasteiger charge is -2.35. The van der Waals surface area contributed by atoms with Gasteiger partial charge in [0, 0.05) is 78.7 Å². The van der Waals surface area contributed by atoms with E-state index in [-0.39, 0.29) is 136 Å². The maximum absolute atomic E-state index is 13.9. The minimum atomic E-state index is -0.666. The summed E-state index contributed by atoms with van der Waals surface area (Å²) in [5.74, 6) is -3.10. The second kappa shape index (κ2) is 48.3. The number of aromatic hydroxyl groups is 1. The van der Waals surface area contributed by atoms with Crippen LogP contribution in [0.5, 0.6) is 5.75 Å². The van der Waals surface area contributed by atoms with Crippen molar-refractivity contribution in [2.75, 3.05) is 47.4 Å². The van der Waals surface area contributed by atoms with Crippen LogP contribution in [0, 0.1) is 53.2 Å². The van der Waals surface area contributed by atoms with Crippen molar-refractivity contribution in [2.24, 2.45) is 47.3 Å². The van der Waals surface area contributed by atoms with Gasteiger partial charge >= 0.3 is 0 Å². The standard InChI is InChI=1S/C30H39N3O3.C23H34N4O4.C21H30FN3O3.C21H31N3O3/c1-3-21(2)28(34)32-27(23-15-8-5-9-16-23)30(36)33-20-12-19-26(33)29(35)31-25-18-11-10-17-24(25)22-13-6-4-7-14-22;1-3-15(2)21(29)25-19(16-9-5-4-6-10-16)23(31)27-14-8-11-17(27)22(30)26-20-18(28)12-7-13-24-20;1-5-14(4)19(26)24-18(13(2)3)21(28)25-12-6-7-17(25)20(27)23-16-10-8-15(22)9-11-16;1-5-15(4)19(25)23-18(14(2)3)21(27)24-13-9-12-17(24)20(26)22-16-10-7-6-8-11-16/h4,6-7,10-11,13-14,17-18,21,23,26-27H,3,5,8-9,12,15-16,19-20H2,1-2H3,(H,31,35)(H,32,34);7,12-13,15-17,19,28H,3-6,8-11,14H2,1-2H3,(H,25,29)(H,24,26,30);8-11,13-14,17-18H,5-7,12H2,1-4H3,(H,23,27)(H,24,26);6-8,10-11,14-15,17-18H,5,9,12-13H2,1-4H3,(H,22,26)(H,23,25)/t21-,26+,27+;15-,17+,19+;14-,17+,18+;15-,17+,18+/m1111/s1. The van der Waals surface area contributed by atoms with Crippen molar-refractivity contribution in [1.29, 1.82) is 0 Å². The minimum absolute atomic E-state index is 0.0519. The molecule has 0 bridgehead atoms. The largest absolute Gasteiger partial charge is 0.504 e. The van der Waals surface area contributed by atoms with Gasteiger partial charge in [-0.15, -0.1) is 0 Å². The number of nitrogens with one attached hydrogen (secondary N) is 8. The zero-order valence-corrected chi connectivity index (χ0v) is 73.7. The number of carbonyl (C=O) groups excluding carboxylic acids is 12. The SMILES string of the molecule is CC[C@@H](C)C(=O)N[C@H](C(=O)N1CCC[C@H]1C(=O)Nc1ccc(F)cc1)C(C)C.CC[C@@H](C)C(=O)N[C@H](C(=O)N1CCC[C@H]1C(=O)Nc1ccccc1)C(C)C.CC[C@@H](C)C(=O)N[C@H](C(=O)N1CCC[C@H]1C(=O)Nc1ccccc1-c1ccccc1)C1CCCCC1.CC[C@@H](C)C(=O)N[C@H](C(=O)N1CCC[C@H]1C(=O)Nc1ncccc1O)C1CCCCC1. The number of rotatable bonds is 29. The van der Waals surface area contributed by atoms with Crippen LogP contribution >= 0.6 is 0 Å². The summed E-state index contributed by atoms with van der Waals surface area (Å²) in [4.78, 5) is 166. The van der Waals surface area contributed by atoms with Gasteiger partial charge in [0.05, 0.1) is 0 Å². The van der Waals surface area contributed by atoms with E-state index in [4.69, 9.17) is 0 Å². The zero-order chi connectivity index (χ0) is 88.7. The predicted molar refractivity (Wildman–Crippen MR) is 472 cm³/mol. The Morgan fingerprint density at radius 2 is 0.721 bits per heavy atom. The van der Waals surface area contributed by atoms with E-state index in [0.717, 1.165) is 107 Å². The Morgan fingerprint density at radius 3 is 1.11 bits per heavy atom. The van der Waals surface area contributed by atoms with Gasteiger partial charge in [-0.1, -0.05) is 188 Å².